The monoisotopic (exact) mass is 1010 g/mol. The average Bonchev–Trinajstić information content (AvgIpc) is 3.28. The maximum atomic E-state index is 12.3. The standard InChI is InChI=1S/C16H24N2O4.C16H26N2O2.C11H16N2O2.C7H6BrNO2/c1-6-12(2)17(15(19)22-16(3,4)5)11-13-7-9-14(10-8-13)18(20)21;1-6-12(2)18(15(19)20-16(3,4)5)11-13-7-9-14(17)10-8-13;1-3-9(2)12-8-10-4-6-11(7-5-10)13(14)15;8-5-6-1-3-7(4-2-6)9(10)11/h7-10,12H,6,11H2,1-5H3;7-10,12H,6,11,17H2,1-5H3;4-7,9,12H,3,8H2,1-2H3;1-4H,5H2. The van der Waals surface area contributed by atoms with E-state index >= 15 is 0 Å². The fourth-order valence-corrected chi connectivity index (χ4v) is 5.87. The maximum absolute atomic E-state index is 12.3. The van der Waals surface area contributed by atoms with Crippen molar-refractivity contribution in [3.63, 3.8) is 0 Å². The number of anilines is 1. The minimum absolute atomic E-state index is 0.0186. The second-order valence-electron chi connectivity index (χ2n) is 18.1. The highest BCUT2D eigenvalue weighted by Crippen LogP contribution is 2.21. The number of nitrogens with one attached hydrogen (secondary N) is 1. The number of rotatable bonds is 16. The van der Waals surface area contributed by atoms with E-state index < -0.39 is 21.0 Å². The number of ether oxygens (including phenoxy) is 2. The lowest BCUT2D eigenvalue weighted by Gasteiger charge is -2.31. The van der Waals surface area contributed by atoms with E-state index in [-0.39, 0.29) is 46.3 Å². The first-order valence-electron chi connectivity index (χ1n) is 22.6. The molecule has 4 rings (SSSR count). The Morgan fingerprint density at radius 1 is 0.574 bits per heavy atom. The molecule has 3 atom stereocenters. The van der Waals surface area contributed by atoms with E-state index in [0.29, 0.717) is 19.1 Å². The number of amides is 2. The van der Waals surface area contributed by atoms with E-state index in [1.54, 1.807) is 46.2 Å². The number of benzene rings is 4. The summed E-state index contributed by atoms with van der Waals surface area (Å²) in [5, 5.41) is 35.3. The van der Waals surface area contributed by atoms with Gasteiger partial charge in [-0.3, -0.25) is 30.3 Å². The Hall–Kier alpha value is -6.14. The Bertz CT molecular complexity index is 2140. The van der Waals surface area contributed by atoms with Gasteiger partial charge in [-0.05, 0) is 116 Å². The molecule has 0 aliphatic carbocycles. The zero-order valence-electron chi connectivity index (χ0n) is 41.7. The number of carbonyl (C=O) groups is 2. The predicted molar refractivity (Wildman–Crippen MR) is 272 cm³/mol. The summed E-state index contributed by atoms with van der Waals surface area (Å²) in [7, 11) is 0. The maximum Gasteiger partial charge on any atom is 0.410 e. The second kappa shape index (κ2) is 29.6. The second-order valence-corrected chi connectivity index (χ2v) is 18.6. The predicted octanol–water partition coefficient (Wildman–Crippen LogP) is 12.9. The number of nitro benzene ring substituents is 3. The van der Waals surface area contributed by atoms with Crippen LogP contribution < -0.4 is 11.1 Å². The topological polar surface area (TPSA) is 227 Å². The number of hydrogen-bond donors (Lipinski definition) is 2. The number of nitrogens with zero attached hydrogens (tertiary/aromatic N) is 5. The Labute approximate surface area is 410 Å². The quantitative estimate of drug-likeness (QED) is 0.0462. The summed E-state index contributed by atoms with van der Waals surface area (Å²) in [6, 6.07) is 27.5. The first-order valence-corrected chi connectivity index (χ1v) is 23.7. The Morgan fingerprint density at radius 2 is 0.882 bits per heavy atom. The zero-order chi connectivity index (χ0) is 51.8. The third kappa shape index (κ3) is 24.1. The lowest BCUT2D eigenvalue weighted by molar-refractivity contribution is -0.385. The first-order chi connectivity index (χ1) is 31.7. The third-order valence-corrected chi connectivity index (χ3v) is 10.7. The SMILES string of the molecule is CCC(C)N(Cc1ccc(N)cc1)C(=O)OC(C)(C)C.CCC(C)N(Cc1ccc([N+](=O)[O-])cc1)C(=O)OC(C)(C)C.CCC(C)NCc1ccc([N+](=O)[O-])cc1.O=[N+]([O-])c1ccc(CBr)cc1. The number of nitro groups is 3. The molecule has 0 bridgehead atoms. The molecule has 0 saturated heterocycles. The lowest BCUT2D eigenvalue weighted by atomic mass is 10.1. The number of nitrogen functional groups attached to an aromatic ring is 1. The van der Waals surface area contributed by atoms with Crippen molar-refractivity contribution in [1.82, 2.24) is 15.1 Å². The van der Waals surface area contributed by atoms with Gasteiger partial charge in [-0.1, -0.05) is 85.2 Å². The molecule has 3 N–H and O–H groups in total. The van der Waals surface area contributed by atoms with Crippen molar-refractivity contribution in [2.75, 3.05) is 5.73 Å². The van der Waals surface area contributed by atoms with Gasteiger partial charge < -0.3 is 30.3 Å². The van der Waals surface area contributed by atoms with E-state index in [9.17, 15) is 39.9 Å². The van der Waals surface area contributed by atoms with Crippen molar-refractivity contribution >= 4 is 50.9 Å². The van der Waals surface area contributed by atoms with Crippen LogP contribution in [0, 0.1) is 30.3 Å². The van der Waals surface area contributed by atoms with Crippen LogP contribution in [0.3, 0.4) is 0 Å². The molecule has 4 aromatic rings. The van der Waals surface area contributed by atoms with Gasteiger partial charge in [-0.15, -0.1) is 0 Å². The van der Waals surface area contributed by atoms with E-state index in [4.69, 9.17) is 15.2 Å². The number of carbonyl (C=O) groups excluding carboxylic acids is 2. The molecule has 0 radical (unpaired) electrons. The molecule has 2 amide bonds. The summed E-state index contributed by atoms with van der Waals surface area (Å²) in [4.78, 5) is 58.1. The Balaban J connectivity index is 0.000000466. The Morgan fingerprint density at radius 3 is 1.16 bits per heavy atom. The van der Waals surface area contributed by atoms with Crippen LogP contribution in [0.15, 0.2) is 97.1 Å². The van der Waals surface area contributed by atoms with Gasteiger partial charge in [0, 0.05) is 85.2 Å². The normalized spacial score (nSPS) is 12.1. The van der Waals surface area contributed by atoms with E-state index in [1.807, 2.05) is 86.6 Å². The van der Waals surface area contributed by atoms with Crippen LogP contribution in [-0.4, -0.2) is 66.1 Å². The van der Waals surface area contributed by atoms with Gasteiger partial charge in [0.25, 0.3) is 17.1 Å². The summed E-state index contributed by atoms with van der Waals surface area (Å²) >= 11 is 3.25. The van der Waals surface area contributed by atoms with Crippen LogP contribution in [0.4, 0.5) is 32.3 Å². The van der Waals surface area contributed by atoms with Crippen molar-refractivity contribution in [3.8, 4) is 0 Å². The van der Waals surface area contributed by atoms with Crippen molar-refractivity contribution in [2.45, 2.75) is 157 Å². The molecule has 4 aromatic carbocycles. The van der Waals surface area contributed by atoms with Gasteiger partial charge in [0.1, 0.15) is 11.2 Å². The van der Waals surface area contributed by atoms with Gasteiger partial charge in [-0.25, -0.2) is 9.59 Å². The highest BCUT2D eigenvalue weighted by molar-refractivity contribution is 9.08. The first kappa shape index (κ1) is 59.9. The van der Waals surface area contributed by atoms with E-state index in [2.05, 4.69) is 42.0 Å². The minimum Gasteiger partial charge on any atom is -0.444 e. The molecule has 18 heteroatoms. The molecule has 0 heterocycles. The molecule has 0 spiro atoms. The smallest absolute Gasteiger partial charge is 0.410 e. The molecular formula is C50H72BrN7O10. The highest BCUT2D eigenvalue weighted by Gasteiger charge is 2.27. The van der Waals surface area contributed by atoms with E-state index in [1.165, 1.54) is 36.4 Å². The van der Waals surface area contributed by atoms with Crippen molar-refractivity contribution in [1.29, 1.82) is 0 Å². The summed E-state index contributed by atoms with van der Waals surface area (Å²) in [5.41, 5.74) is 9.66. The van der Waals surface area contributed by atoms with Gasteiger partial charge in [0.2, 0.25) is 0 Å². The van der Waals surface area contributed by atoms with Crippen LogP contribution in [-0.2, 0) is 34.4 Å². The van der Waals surface area contributed by atoms with Crippen LogP contribution >= 0.6 is 15.9 Å². The number of halogens is 1. The van der Waals surface area contributed by atoms with Crippen molar-refractivity contribution in [2.24, 2.45) is 0 Å². The summed E-state index contributed by atoms with van der Waals surface area (Å²) in [6.07, 6.45) is 2.11. The minimum atomic E-state index is -0.557. The fourth-order valence-electron chi connectivity index (χ4n) is 5.50. The van der Waals surface area contributed by atoms with Crippen molar-refractivity contribution < 1.29 is 33.8 Å². The fraction of sp³-hybridized carbons (Fsp3) is 0.480. The lowest BCUT2D eigenvalue weighted by Crippen LogP contribution is -2.41. The molecule has 0 aliphatic rings. The highest BCUT2D eigenvalue weighted by atomic mass is 79.9. The molecule has 0 fully saturated rings. The van der Waals surface area contributed by atoms with Crippen LogP contribution in [0.5, 0.6) is 0 Å². The van der Waals surface area contributed by atoms with Gasteiger partial charge in [0.15, 0.2) is 0 Å². The summed E-state index contributed by atoms with van der Waals surface area (Å²) in [5.74, 6) is 0. The molecular weight excluding hydrogens is 938 g/mol. The average molecular weight is 1010 g/mol. The van der Waals surface area contributed by atoms with Crippen LogP contribution in [0.2, 0.25) is 0 Å². The number of nitrogens with two attached hydrogens (primary N) is 1. The third-order valence-electron chi connectivity index (χ3n) is 10.1. The largest absolute Gasteiger partial charge is 0.444 e. The molecule has 0 saturated carbocycles. The molecule has 3 unspecified atom stereocenters. The summed E-state index contributed by atoms with van der Waals surface area (Å²) < 4.78 is 10.9. The zero-order valence-corrected chi connectivity index (χ0v) is 43.3. The Kier molecular flexibility index (Phi) is 26.0. The van der Waals surface area contributed by atoms with Crippen molar-refractivity contribution in [3.05, 3.63) is 150 Å². The molecule has 0 aliphatic heterocycles. The molecule has 68 heavy (non-hydrogen) atoms. The molecule has 374 valence electrons. The van der Waals surface area contributed by atoms with Gasteiger partial charge in [-0.2, -0.15) is 0 Å². The molecule has 0 aromatic heterocycles. The van der Waals surface area contributed by atoms with Crippen LogP contribution in [0.1, 0.15) is 125 Å². The molecule has 17 nitrogen and oxygen atoms in total. The van der Waals surface area contributed by atoms with Gasteiger partial charge in [0.05, 0.1) is 14.8 Å². The summed E-state index contributed by atoms with van der Waals surface area (Å²) in [6.45, 7) is 25.0. The number of alkyl halides is 1. The van der Waals surface area contributed by atoms with Gasteiger partial charge >= 0.3 is 12.2 Å². The number of non-ortho nitro benzene ring substituents is 3. The van der Waals surface area contributed by atoms with Crippen LogP contribution in [0.25, 0.3) is 0 Å². The number of hydrogen-bond acceptors (Lipinski definition) is 12. The van der Waals surface area contributed by atoms with E-state index in [0.717, 1.165) is 59.1 Å².